The van der Waals surface area contributed by atoms with Crippen LogP contribution in [0.25, 0.3) is 0 Å². The summed E-state index contributed by atoms with van der Waals surface area (Å²) in [5.41, 5.74) is 0.453. The molecule has 1 aromatic rings. The summed E-state index contributed by atoms with van der Waals surface area (Å²) in [6, 6.07) is 1.26. The van der Waals surface area contributed by atoms with Crippen molar-refractivity contribution in [2.75, 3.05) is 6.54 Å². The first kappa shape index (κ1) is 12.2. The fraction of sp³-hybridized carbons (Fsp3) is 0.455. The molecule has 1 atom stereocenters. The Morgan fingerprint density at radius 3 is 3.00 bits per heavy atom. The third-order valence-corrected chi connectivity index (χ3v) is 3.19. The van der Waals surface area contributed by atoms with E-state index in [1.165, 1.54) is 0 Å². The lowest BCUT2D eigenvalue weighted by molar-refractivity contribution is -0.122. The van der Waals surface area contributed by atoms with Gasteiger partial charge in [0.2, 0.25) is 5.91 Å². The SMILES string of the molecule is O=C(N[C@@H]1CCCCNC1=O)c1cc(Br)c[nH]1. The van der Waals surface area contributed by atoms with Gasteiger partial charge in [0.15, 0.2) is 0 Å². The maximum Gasteiger partial charge on any atom is 0.268 e. The average Bonchev–Trinajstić information content (AvgIpc) is 2.63. The molecule has 0 unspecified atom stereocenters. The van der Waals surface area contributed by atoms with Gasteiger partial charge in [-0.3, -0.25) is 9.59 Å². The van der Waals surface area contributed by atoms with Gasteiger partial charge in [-0.05, 0) is 41.3 Å². The minimum Gasteiger partial charge on any atom is -0.356 e. The molecule has 3 N–H and O–H groups in total. The number of amides is 2. The van der Waals surface area contributed by atoms with E-state index in [9.17, 15) is 9.59 Å². The average molecular weight is 300 g/mol. The first-order chi connectivity index (χ1) is 8.16. The molecule has 0 radical (unpaired) electrons. The first-order valence-corrected chi connectivity index (χ1v) is 6.38. The van der Waals surface area contributed by atoms with Crippen molar-refractivity contribution >= 4 is 27.7 Å². The molecule has 1 fully saturated rings. The highest BCUT2D eigenvalue weighted by molar-refractivity contribution is 9.10. The van der Waals surface area contributed by atoms with Gasteiger partial charge < -0.3 is 15.6 Å². The molecule has 1 saturated heterocycles. The van der Waals surface area contributed by atoms with Crippen molar-refractivity contribution in [3.05, 3.63) is 22.4 Å². The van der Waals surface area contributed by atoms with E-state index in [4.69, 9.17) is 0 Å². The summed E-state index contributed by atoms with van der Waals surface area (Å²) < 4.78 is 0.813. The van der Waals surface area contributed by atoms with Gasteiger partial charge >= 0.3 is 0 Å². The number of carbonyl (C=O) groups is 2. The Morgan fingerprint density at radius 2 is 2.29 bits per heavy atom. The molecule has 1 aliphatic rings. The zero-order chi connectivity index (χ0) is 12.3. The van der Waals surface area contributed by atoms with E-state index >= 15 is 0 Å². The van der Waals surface area contributed by atoms with Gasteiger partial charge in [0.25, 0.3) is 5.91 Å². The molecule has 1 aliphatic heterocycles. The number of rotatable bonds is 2. The third kappa shape index (κ3) is 3.09. The Bertz CT molecular complexity index is 430. The van der Waals surface area contributed by atoms with Crippen LogP contribution in [0.4, 0.5) is 0 Å². The van der Waals surface area contributed by atoms with E-state index in [-0.39, 0.29) is 11.8 Å². The van der Waals surface area contributed by atoms with E-state index in [2.05, 4.69) is 31.5 Å². The molecule has 2 heterocycles. The zero-order valence-electron chi connectivity index (χ0n) is 9.25. The molecule has 1 aromatic heterocycles. The molecule has 0 bridgehead atoms. The normalized spacial score (nSPS) is 20.5. The number of carbonyl (C=O) groups excluding carboxylic acids is 2. The van der Waals surface area contributed by atoms with Crippen LogP contribution < -0.4 is 10.6 Å². The lowest BCUT2D eigenvalue weighted by Gasteiger charge is -2.14. The molecule has 17 heavy (non-hydrogen) atoms. The largest absolute Gasteiger partial charge is 0.356 e. The van der Waals surface area contributed by atoms with Gasteiger partial charge in [0.05, 0.1) is 0 Å². The summed E-state index contributed by atoms with van der Waals surface area (Å²) in [4.78, 5) is 26.3. The molecule has 92 valence electrons. The lowest BCUT2D eigenvalue weighted by Crippen LogP contribution is -2.45. The van der Waals surface area contributed by atoms with Gasteiger partial charge in [-0.25, -0.2) is 0 Å². The molecule has 0 saturated carbocycles. The molecule has 0 spiro atoms. The second-order valence-electron chi connectivity index (χ2n) is 4.04. The van der Waals surface area contributed by atoms with Gasteiger partial charge in [0.1, 0.15) is 11.7 Å². The van der Waals surface area contributed by atoms with Crippen molar-refractivity contribution in [1.29, 1.82) is 0 Å². The first-order valence-electron chi connectivity index (χ1n) is 5.59. The van der Waals surface area contributed by atoms with Gasteiger partial charge in [0, 0.05) is 17.2 Å². The Hall–Kier alpha value is -1.30. The zero-order valence-corrected chi connectivity index (χ0v) is 10.8. The van der Waals surface area contributed by atoms with Gasteiger partial charge in [-0.15, -0.1) is 0 Å². The van der Waals surface area contributed by atoms with Crippen LogP contribution in [0.1, 0.15) is 29.8 Å². The van der Waals surface area contributed by atoms with Crippen LogP contribution in [-0.4, -0.2) is 29.4 Å². The van der Waals surface area contributed by atoms with E-state index < -0.39 is 6.04 Å². The van der Waals surface area contributed by atoms with Crippen LogP contribution in [0.2, 0.25) is 0 Å². The monoisotopic (exact) mass is 299 g/mol. The third-order valence-electron chi connectivity index (χ3n) is 2.73. The predicted octanol–water partition coefficient (Wildman–Crippen LogP) is 1.18. The molecule has 2 rings (SSSR count). The van der Waals surface area contributed by atoms with Crippen LogP contribution >= 0.6 is 15.9 Å². The number of nitrogens with one attached hydrogen (secondary N) is 3. The molecular formula is C11H14BrN3O2. The Labute approximate surface area is 107 Å². The second kappa shape index (κ2) is 5.35. The van der Waals surface area contributed by atoms with Crippen molar-refractivity contribution in [2.45, 2.75) is 25.3 Å². The van der Waals surface area contributed by atoms with Crippen molar-refractivity contribution in [1.82, 2.24) is 15.6 Å². The Balaban J connectivity index is 1.99. The Morgan fingerprint density at radius 1 is 1.47 bits per heavy atom. The van der Waals surface area contributed by atoms with Crippen LogP contribution in [0.15, 0.2) is 16.7 Å². The number of aromatic amines is 1. The summed E-state index contributed by atoms with van der Waals surface area (Å²) in [5.74, 6) is -0.348. The second-order valence-corrected chi connectivity index (χ2v) is 4.96. The van der Waals surface area contributed by atoms with E-state index in [0.717, 1.165) is 17.3 Å². The van der Waals surface area contributed by atoms with Crippen molar-refractivity contribution in [2.24, 2.45) is 0 Å². The number of hydrogen-bond acceptors (Lipinski definition) is 2. The Kier molecular flexibility index (Phi) is 3.83. The van der Waals surface area contributed by atoms with E-state index in [0.29, 0.717) is 18.7 Å². The highest BCUT2D eigenvalue weighted by Crippen LogP contribution is 2.11. The van der Waals surface area contributed by atoms with Crippen LogP contribution in [0, 0.1) is 0 Å². The minimum atomic E-state index is -0.424. The van der Waals surface area contributed by atoms with E-state index in [1.54, 1.807) is 12.3 Å². The molecule has 5 nitrogen and oxygen atoms in total. The molecule has 2 amide bonds. The smallest absolute Gasteiger partial charge is 0.268 e. The summed E-state index contributed by atoms with van der Waals surface area (Å²) in [6.07, 6.45) is 4.28. The number of H-pyrrole nitrogens is 1. The molecule has 0 aromatic carbocycles. The van der Waals surface area contributed by atoms with Crippen LogP contribution in [-0.2, 0) is 4.79 Å². The summed E-state index contributed by atoms with van der Waals surface area (Å²) in [6.45, 7) is 0.694. The highest BCUT2D eigenvalue weighted by Gasteiger charge is 2.23. The van der Waals surface area contributed by atoms with Crippen molar-refractivity contribution in [3.63, 3.8) is 0 Å². The summed E-state index contributed by atoms with van der Waals surface area (Å²) in [5, 5.41) is 5.52. The quantitative estimate of drug-likeness (QED) is 0.767. The number of aromatic nitrogens is 1. The molecule has 0 aliphatic carbocycles. The summed E-state index contributed by atoms with van der Waals surface area (Å²) >= 11 is 3.26. The predicted molar refractivity (Wildman–Crippen MR) is 66.6 cm³/mol. The maximum atomic E-state index is 11.8. The topological polar surface area (TPSA) is 74.0 Å². The summed E-state index contributed by atoms with van der Waals surface area (Å²) in [7, 11) is 0. The number of hydrogen-bond donors (Lipinski definition) is 3. The van der Waals surface area contributed by atoms with Crippen molar-refractivity contribution in [3.8, 4) is 0 Å². The van der Waals surface area contributed by atoms with Crippen LogP contribution in [0.3, 0.4) is 0 Å². The van der Waals surface area contributed by atoms with Gasteiger partial charge in [-0.2, -0.15) is 0 Å². The van der Waals surface area contributed by atoms with E-state index in [1.807, 2.05) is 0 Å². The van der Waals surface area contributed by atoms with Crippen molar-refractivity contribution < 1.29 is 9.59 Å². The highest BCUT2D eigenvalue weighted by atomic mass is 79.9. The molecular weight excluding hydrogens is 286 g/mol. The van der Waals surface area contributed by atoms with Gasteiger partial charge in [-0.1, -0.05) is 0 Å². The van der Waals surface area contributed by atoms with Crippen LogP contribution in [0.5, 0.6) is 0 Å². The maximum absolute atomic E-state index is 11.8. The minimum absolute atomic E-state index is 0.0959. The number of halogens is 1. The molecule has 6 heteroatoms. The fourth-order valence-electron chi connectivity index (χ4n) is 1.81. The fourth-order valence-corrected chi connectivity index (χ4v) is 2.16. The standard InChI is InChI=1S/C11H14BrN3O2/c12-7-5-9(14-6-7)11(17)15-8-3-1-2-4-13-10(8)16/h5-6,8,14H,1-4H2,(H,13,16)(H,15,17)/t8-/m1/s1. The lowest BCUT2D eigenvalue weighted by atomic mass is 10.1.